The molecule has 5 rings (SSSR count). The number of amides is 1. The maximum absolute atomic E-state index is 13.1. The van der Waals surface area contributed by atoms with Crippen molar-refractivity contribution in [1.82, 2.24) is 19.3 Å². The molecule has 0 bridgehead atoms. The highest BCUT2D eigenvalue weighted by Gasteiger charge is 2.28. The third kappa shape index (κ3) is 4.47. The lowest BCUT2D eigenvalue weighted by molar-refractivity contribution is -0.120. The molecule has 0 atom stereocenters. The fourth-order valence-electron chi connectivity index (χ4n) is 4.60. The van der Waals surface area contributed by atoms with E-state index in [1.807, 2.05) is 80.7 Å². The van der Waals surface area contributed by atoms with Gasteiger partial charge < -0.3 is 10.2 Å². The van der Waals surface area contributed by atoms with Gasteiger partial charge in [0.05, 0.1) is 17.1 Å². The summed E-state index contributed by atoms with van der Waals surface area (Å²) in [6.07, 6.45) is 2.97. The van der Waals surface area contributed by atoms with Gasteiger partial charge in [-0.25, -0.2) is 14.6 Å². The van der Waals surface area contributed by atoms with E-state index in [-0.39, 0.29) is 17.4 Å². The molecule has 0 radical (unpaired) electrons. The summed E-state index contributed by atoms with van der Waals surface area (Å²) < 4.78 is 3.35. The van der Waals surface area contributed by atoms with Crippen molar-refractivity contribution in [3.63, 3.8) is 0 Å². The number of nitrogens with zero attached hydrogens (tertiary/aromatic N) is 5. The van der Waals surface area contributed by atoms with Crippen molar-refractivity contribution >= 4 is 17.4 Å². The second-order valence-corrected chi connectivity index (χ2v) is 8.81. The van der Waals surface area contributed by atoms with Crippen LogP contribution in [-0.4, -0.2) is 38.3 Å². The van der Waals surface area contributed by atoms with Gasteiger partial charge in [-0.15, -0.1) is 0 Å². The topological polar surface area (TPSA) is 85.1 Å². The van der Waals surface area contributed by atoms with Gasteiger partial charge in [-0.3, -0.25) is 14.3 Å². The molecular weight excluding hydrogens is 440 g/mol. The first-order chi connectivity index (χ1) is 17.0. The summed E-state index contributed by atoms with van der Waals surface area (Å²) in [5.41, 5.74) is 3.52. The average molecular weight is 469 g/mol. The molecule has 1 amide bonds. The molecule has 35 heavy (non-hydrogen) atoms. The molecule has 0 unspecified atom stereocenters. The summed E-state index contributed by atoms with van der Waals surface area (Å²) in [6, 6.07) is 21.4. The number of carbonyl (C=O) groups excluding carboxylic acids is 1. The second kappa shape index (κ2) is 9.58. The number of rotatable bonds is 5. The standard InChI is InChI=1S/C27H28N6O2/c1-19-25(27(35)33(31(19)2)22-11-7-4-8-12-22)30-26(34)21-13-15-32(16-14-21)24-17-23(28-18-29-24)20-9-5-3-6-10-20/h3-12,17-18,21H,13-16H2,1-2H3,(H,30,34). The highest BCUT2D eigenvalue weighted by atomic mass is 16.2. The summed E-state index contributed by atoms with van der Waals surface area (Å²) in [5.74, 6) is 0.594. The first-order valence-electron chi connectivity index (χ1n) is 11.8. The molecule has 0 spiro atoms. The molecule has 2 aromatic carbocycles. The van der Waals surface area contributed by atoms with Gasteiger partial charge >= 0.3 is 0 Å². The third-order valence-corrected chi connectivity index (χ3v) is 6.71. The second-order valence-electron chi connectivity index (χ2n) is 8.81. The van der Waals surface area contributed by atoms with Crippen LogP contribution < -0.4 is 15.8 Å². The Morgan fingerprint density at radius 2 is 1.63 bits per heavy atom. The monoisotopic (exact) mass is 468 g/mol. The summed E-state index contributed by atoms with van der Waals surface area (Å²) in [6.45, 7) is 3.27. The molecule has 8 nitrogen and oxygen atoms in total. The van der Waals surface area contributed by atoms with Crippen molar-refractivity contribution in [2.75, 3.05) is 23.3 Å². The average Bonchev–Trinajstić information content (AvgIpc) is 3.12. The maximum Gasteiger partial charge on any atom is 0.295 e. The molecule has 1 saturated heterocycles. The predicted molar refractivity (Wildman–Crippen MR) is 137 cm³/mol. The normalized spacial score (nSPS) is 14.2. The SMILES string of the molecule is Cc1c(NC(=O)C2CCN(c3cc(-c4ccccc4)ncn3)CC2)c(=O)n(-c2ccccc2)n1C. The molecular formula is C27H28N6O2. The van der Waals surface area contributed by atoms with Gasteiger partial charge in [0.15, 0.2) is 0 Å². The Kier molecular flexibility index (Phi) is 6.18. The summed E-state index contributed by atoms with van der Waals surface area (Å²) >= 11 is 0. The van der Waals surface area contributed by atoms with E-state index in [9.17, 15) is 9.59 Å². The number of nitrogens with one attached hydrogen (secondary N) is 1. The first kappa shape index (κ1) is 22.6. The number of anilines is 2. The molecule has 0 aliphatic carbocycles. The van der Waals surface area contributed by atoms with Crippen molar-refractivity contribution in [2.45, 2.75) is 19.8 Å². The molecule has 1 aliphatic heterocycles. The summed E-state index contributed by atoms with van der Waals surface area (Å²) in [7, 11) is 1.82. The number of aromatic nitrogens is 4. The molecule has 0 saturated carbocycles. The van der Waals surface area contributed by atoms with Crippen LogP contribution in [0.1, 0.15) is 18.5 Å². The zero-order chi connectivity index (χ0) is 24.4. The number of benzene rings is 2. The Morgan fingerprint density at radius 1 is 0.971 bits per heavy atom. The van der Waals surface area contributed by atoms with Crippen molar-refractivity contribution in [3.05, 3.63) is 89.1 Å². The van der Waals surface area contributed by atoms with Gasteiger partial charge in [-0.1, -0.05) is 48.5 Å². The Balaban J connectivity index is 1.27. The smallest absolute Gasteiger partial charge is 0.295 e. The number of piperidine rings is 1. The first-order valence-corrected chi connectivity index (χ1v) is 11.8. The van der Waals surface area contributed by atoms with Gasteiger partial charge in [-0.2, -0.15) is 0 Å². The minimum Gasteiger partial charge on any atom is -0.356 e. The molecule has 8 heteroatoms. The molecule has 1 fully saturated rings. The highest BCUT2D eigenvalue weighted by Crippen LogP contribution is 2.26. The van der Waals surface area contributed by atoms with E-state index < -0.39 is 0 Å². The van der Waals surface area contributed by atoms with Crippen LogP contribution in [0.25, 0.3) is 16.9 Å². The van der Waals surface area contributed by atoms with Crippen LogP contribution in [0.5, 0.6) is 0 Å². The van der Waals surface area contributed by atoms with E-state index in [1.54, 1.807) is 15.7 Å². The summed E-state index contributed by atoms with van der Waals surface area (Å²) in [4.78, 5) is 37.3. The molecule has 3 heterocycles. The quantitative estimate of drug-likeness (QED) is 0.482. The minimum atomic E-state index is -0.226. The molecule has 2 aromatic heterocycles. The maximum atomic E-state index is 13.1. The van der Waals surface area contributed by atoms with Crippen LogP contribution in [0.3, 0.4) is 0 Å². The van der Waals surface area contributed by atoms with Gasteiger partial charge in [0.25, 0.3) is 5.56 Å². The van der Waals surface area contributed by atoms with E-state index in [1.165, 1.54) is 0 Å². The highest BCUT2D eigenvalue weighted by molar-refractivity contribution is 5.93. The minimum absolute atomic E-state index is 0.108. The van der Waals surface area contributed by atoms with Crippen LogP contribution in [0, 0.1) is 12.8 Å². The van der Waals surface area contributed by atoms with E-state index in [0.29, 0.717) is 31.6 Å². The lowest BCUT2D eigenvalue weighted by Gasteiger charge is -2.32. The number of para-hydroxylation sites is 1. The van der Waals surface area contributed by atoms with Crippen LogP contribution in [0.15, 0.2) is 77.9 Å². The van der Waals surface area contributed by atoms with Crippen molar-refractivity contribution in [1.29, 1.82) is 0 Å². The van der Waals surface area contributed by atoms with E-state index in [2.05, 4.69) is 20.2 Å². The lowest BCUT2D eigenvalue weighted by Crippen LogP contribution is -2.39. The van der Waals surface area contributed by atoms with Gasteiger partial charge in [0, 0.05) is 37.7 Å². The molecule has 4 aromatic rings. The lowest BCUT2D eigenvalue weighted by atomic mass is 9.95. The Bertz CT molecular complexity index is 1390. The largest absolute Gasteiger partial charge is 0.356 e. The van der Waals surface area contributed by atoms with Crippen molar-refractivity contribution in [2.24, 2.45) is 13.0 Å². The van der Waals surface area contributed by atoms with Crippen LogP contribution >= 0.6 is 0 Å². The zero-order valence-electron chi connectivity index (χ0n) is 19.9. The number of hydrogen-bond donors (Lipinski definition) is 1. The predicted octanol–water partition coefficient (Wildman–Crippen LogP) is 3.80. The van der Waals surface area contributed by atoms with Gasteiger partial charge in [0.2, 0.25) is 5.91 Å². The van der Waals surface area contributed by atoms with Crippen LogP contribution in [0.2, 0.25) is 0 Å². The van der Waals surface area contributed by atoms with Gasteiger partial charge in [0.1, 0.15) is 17.8 Å². The van der Waals surface area contributed by atoms with E-state index in [4.69, 9.17) is 0 Å². The fraction of sp³-hybridized carbons (Fsp3) is 0.259. The number of carbonyl (C=O) groups is 1. The van der Waals surface area contributed by atoms with Crippen LogP contribution in [-0.2, 0) is 11.8 Å². The molecule has 1 N–H and O–H groups in total. The van der Waals surface area contributed by atoms with Gasteiger partial charge in [-0.05, 0) is 31.9 Å². The fourth-order valence-corrected chi connectivity index (χ4v) is 4.60. The van der Waals surface area contributed by atoms with Crippen molar-refractivity contribution in [3.8, 4) is 16.9 Å². The Labute approximate surface area is 203 Å². The Morgan fingerprint density at radius 3 is 2.31 bits per heavy atom. The van der Waals surface area contributed by atoms with E-state index >= 15 is 0 Å². The number of hydrogen-bond acceptors (Lipinski definition) is 5. The Hall–Kier alpha value is -4.20. The molecule has 178 valence electrons. The summed E-state index contributed by atoms with van der Waals surface area (Å²) in [5, 5.41) is 2.93. The van der Waals surface area contributed by atoms with E-state index in [0.717, 1.165) is 28.5 Å². The molecule has 1 aliphatic rings. The zero-order valence-corrected chi connectivity index (χ0v) is 19.9. The third-order valence-electron chi connectivity index (χ3n) is 6.71. The van der Waals surface area contributed by atoms with Crippen molar-refractivity contribution < 1.29 is 4.79 Å². The van der Waals surface area contributed by atoms with Crippen LogP contribution in [0.4, 0.5) is 11.5 Å².